The topological polar surface area (TPSA) is 129 Å². The number of hydrogen-bond acceptors (Lipinski definition) is 4. The SMILES string of the molecule is CCCCCCCCC(CCCCCCCC)(C(=O)O)C(C(=O)O)S(=O)(=O)O.Cl.[NaH]. The third kappa shape index (κ3) is 12.9. The molecule has 0 heterocycles. The summed E-state index contributed by atoms with van der Waals surface area (Å²) < 4.78 is 33.1. The fourth-order valence-electron chi connectivity index (χ4n) is 3.80. The second-order valence-corrected chi connectivity index (χ2v) is 9.23. The fourth-order valence-corrected chi connectivity index (χ4v) is 4.97. The van der Waals surface area contributed by atoms with Crippen LogP contribution < -0.4 is 0 Å². The molecule has 0 aliphatic heterocycles. The summed E-state index contributed by atoms with van der Waals surface area (Å²) in [6, 6.07) is 0. The normalized spacial score (nSPS) is 12.5. The standard InChI is InChI=1S/C20H38O7S.ClH.Na.H/c1-3-5-7-9-11-13-15-20(19(23)24,16-14-12-10-8-6-4-2)17(18(21)22)28(25,26)27;;;/h17H,3-16H2,1-2H3,(H,21,22)(H,23,24)(H,25,26,27);1H;;. The van der Waals surface area contributed by atoms with Crippen LogP contribution in [0, 0.1) is 5.41 Å². The predicted molar refractivity (Wildman–Crippen MR) is 123 cm³/mol. The molecule has 0 aromatic carbocycles. The van der Waals surface area contributed by atoms with Gasteiger partial charge in [0.05, 0.1) is 5.41 Å². The molecule has 0 spiro atoms. The Bertz CT molecular complexity index is 554. The summed E-state index contributed by atoms with van der Waals surface area (Å²) in [4.78, 5) is 23.8. The van der Waals surface area contributed by atoms with Crippen molar-refractivity contribution in [3.8, 4) is 0 Å². The van der Waals surface area contributed by atoms with Crippen LogP contribution in [-0.4, -0.2) is 69.9 Å². The quantitative estimate of drug-likeness (QED) is 0.147. The Balaban J connectivity index is -0.00000364. The van der Waals surface area contributed by atoms with Crippen molar-refractivity contribution in [2.75, 3.05) is 0 Å². The van der Waals surface area contributed by atoms with Gasteiger partial charge in [-0.1, -0.05) is 90.9 Å². The van der Waals surface area contributed by atoms with Gasteiger partial charge in [0, 0.05) is 0 Å². The van der Waals surface area contributed by atoms with Crippen LogP contribution in [0.25, 0.3) is 0 Å². The van der Waals surface area contributed by atoms with Gasteiger partial charge in [-0.15, -0.1) is 12.4 Å². The Morgan fingerprint density at radius 3 is 1.37 bits per heavy atom. The van der Waals surface area contributed by atoms with Gasteiger partial charge in [0.2, 0.25) is 0 Å². The molecule has 1 atom stereocenters. The zero-order valence-corrected chi connectivity index (χ0v) is 19.4. The van der Waals surface area contributed by atoms with Crippen molar-refractivity contribution >= 4 is 64.0 Å². The molecule has 0 aromatic heterocycles. The summed E-state index contributed by atoms with van der Waals surface area (Å²) in [5.74, 6) is -3.26. The first-order valence-corrected chi connectivity index (χ1v) is 12.1. The molecule has 0 aromatic rings. The van der Waals surface area contributed by atoms with E-state index >= 15 is 0 Å². The van der Waals surface area contributed by atoms with Crippen LogP contribution in [0.5, 0.6) is 0 Å². The maximum atomic E-state index is 12.1. The summed E-state index contributed by atoms with van der Waals surface area (Å²) in [6.07, 6.45) is 10.2. The van der Waals surface area contributed by atoms with Gasteiger partial charge in [-0.3, -0.25) is 14.1 Å². The minimum atomic E-state index is -5.05. The second-order valence-electron chi connectivity index (χ2n) is 7.73. The molecule has 3 N–H and O–H groups in total. The summed E-state index contributed by atoms with van der Waals surface area (Å²) >= 11 is 0. The molecule has 7 nitrogen and oxygen atoms in total. The molecule has 0 saturated carbocycles. The Kier molecular flexibility index (Phi) is 21.6. The van der Waals surface area contributed by atoms with Crippen molar-refractivity contribution in [3.63, 3.8) is 0 Å². The molecule has 0 amide bonds. The molecule has 0 fully saturated rings. The van der Waals surface area contributed by atoms with Crippen LogP contribution in [0.1, 0.15) is 104 Å². The summed E-state index contributed by atoms with van der Waals surface area (Å²) in [7, 11) is -5.05. The molecule has 0 aliphatic rings. The van der Waals surface area contributed by atoms with Crippen LogP contribution in [0.3, 0.4) is 0 Å². The molecular weight excluding hydrogens is 443 g/mol. The van der Waals surface area contributed by atoms with Crippen molar-refractivity contribution in [1.82, 2.24) is 0 Å². The number of halogens is 1. The van der Waals surface area contributed by atoms with Crippen LogP contribution in [0.15, 0.2) is 0 Å². The summed E-state index contributed by atoms with van der Waals surface area (Å²) in [5, 5.41) is 16.9. The Labute approximate surface area is 210 Å². The molecule has 0 rings (SSSR count). The van der Waals surface area contributed by atoms with Crippen molar-refractivity contribution in [1.29, 1.82) is 0 Å². The third-order valence-corrected chi connectivity index (χ3v) is 6.65. The Hall–Kier alpha value is 0.140. The van der Waals surface area contributed by atoms with Crippen LogP contribution in [-0.2, 0) is 19.7 Å². The number of carbonyl (C=O) groups is 2. The first-order valence-electron chi connectivity index (χ1n) is 10.6. The molecule has 30 heavy (non-hydrogen) atoms. The van der Waals surface area contributed by atoms with Gasteiger partial charge in [-0.05, 0) is 12.8 Å². The van der Waals surface area contributed by atoms with Gasteiger partial charge in [0.1, 0.15) is 0 Å². The summed E-state index contributed by atoms with van der Waals surface area (Å²) in [5.41, 5.74) is -2.01. The third-order valence-electron chi connectivity index (χ3n) is 5.40. The molecule has 10 heteroatoms. The second kappa shape index (κ2) is 18.7. The molecule has 0 radical (unpaired) electrons. The first kappa shape index (κ1) is 34.7. The number of rotatable bonds is 18. The average Bonchev–Trinajstić information content (AvgIpc) is 2.58. The number of unbranched alkanes of at least 4 members (excludes halogenated alkanes) is 10. The average molecular weight is 483 g/mol. The zero-order valence-electron chi connectivity index (χ0n) is 17.8. The number of carboxylic acid groups (broad SMARTS) is 2. The van der Waals surface area contributed by atoms with Gasteiger partial charge in [0.15, 0.2) is 5.25 Å². The van der Waals surface area contributed by atoms with E-state index in [9.17, 15) is 32.8 Å². The minimum absolute atomic E-state index is 0. The van der Waals surface area contributed by atoms with Gasteiger partial charge >= 0.3 is 41.5 Å². The molecule has 176 valence electrons. The van der Waals surface area contributed by atoms with E-state index in [0.29, 0.717) is 25.7 Å². The van der Waals surface area contributed by atoms with Crippen LogP contribution in [0.4, 0.5) is 0 Å². The van der Waals surface area contributed by atoms with E-state index in [2.05, 4.69) is 13.8 Å². The molecule has 1 unspecified atom stereocenters. The van der Waals surface area contributed by atoms with Gasteiger partial charge in [-0.2, -0.15) is 8.42 Å². The molecule has 0 aliphatic carbocycles. The van der Waals surface area contributed by atoms with E-state index in [1.165, 1.54) is 0 Å². The van der Waals surface area contributed by atoms with E-state index in [1.54, 1.807) is 0 Å². The fraction of sp³-hybridized carbons (Fsp3) is 0.900. The monoisotopic (exact) mass is 482 g/mol. The maximum absolute atomic E-state index is 12.1. The van der Waals surface area contributed by atoms with E-state index in [1.807, 2.05) is 0 Å². The molecular formula is C20H40ClNaO7S. The number of aliphatic carboxylic acids is 2. The Morgan fingerprint density at radius 2 is 1.10 bits per heavy atom. The predicted octanol–water partition coefficient (Wildman–Crippen LogP) is 4.67. The molecule has 0 bridgehead atoms. The van der Waals surface area contributed by atoms with Crippen LogP contribution >= 0.6 is 12.4 Å². The summed E-state index contributed by atoms with van der Waals surface area (Å²) in [6.45, 7) is 4.17. The van der Waals surface area contributed by atoms with E-state index in [-0.39, 0.29) is 54.8 Å². The van der Waals surface area contributed by atoms with Gasteiger partial charge in [0.25, 0.3) is 10.1 Å². The van der Waals surface area contributed by atoms with E-state index in [4.69, 9.17) is 0 Å². The number of carboxylic acids is 2. The van der Waals surface area contributed by atoms with Crippen molar-refractivity contribution in [3.05, 3.63) is 0 Å². The zero-order chi connectivity index (χ0) is 21.6. The first-order chi connectivity index (χ1) is 13.1. The van der Waals surface area contributed by atoms with Gasteiger partial charge in [-0.25, -0.2) is 0 Å². The van der Waals surface area contributed by atoms with E-state index < -0.39 is 32.7 Å². The van der Waals surface area contributed by atoms with Gasteiger partial charge < -0.3 is 10.2 Å². The van der Waals surface area contributed by atoms with Crippen molar-refractivity contribution in [2.45, 2.75) is 109 Å². The van der Waals surface area contributed by atoms with Crippen molar-refractivity contribution in [2.24, 2.45) is 5.41 Å². The van der Waals surface area contributed by atoms with E-state index in [0.717, 1.165) is 51.4 Å². The number of hydrogen-bond donors (Lipinski definition) is 3. The van der Waals surface area contributed by atoms with Crippen molar-refractivity contribution < 1.29 is 32.8 Å². The Morgan fingerprint density at radius 1 is 0.767 bits per heavy atom. The van der Waals surface area contributed by atoms with Crippen LogP contribution in [0.2, 0.25) is 0 Å². The molecule has 0 saturated heterocycles.